The van der Waals surface area contributed by atoms with Gasteiger partial charge in [-0.2, -0.15) is 0 Å². The SMILES string of the molecule is Cc1ccc(C(=O)c2ccc(CC(=O)Nc3nccc(C(C)C)n3)n2C)cc1. The largest absolute Gasteiger partial charge is 0.344 e. The van der Waals surface area contributed by atoms with Gasteiger partial charge in [0.1, 0.15) is 0 Å². The zero-order valence-electron chi connectivity index (χ0n) is 16.6. The van der Waals surface area contributed by atoms with Crippen LogP contribution in [0.25, 0.3) is 0 Å². The van der Waals surface area contributed by atoms with Crippen LogP contribution in [0, 0.1) is 6.92 Å². The molecule has 0 saturated heterocycles. The number of benzene rings is 1. The van der Waals surface area contributed by atoms with E-state index in [4.69, 9.17) is 0 Å². The van der Waals surface area contributed by atoms with Crippen molar-refractivity contribution in [2.45, 2.75) is 33.1 Å². The Labute approximate surface area is 164 Å². The Balaban J connectivity index is 1.71. The minimum atomic E-state index is -0.226. The van der Waals surface area contributed by atoms with Crippen molar-refractivity contribution < 1.29 is 9.59 Å². The average molecular weight is 376 g/mol. The molecule has 0 bridgehead atoms. The van der Waals surface area contributed by atoms with E-state index in [1.165, 1.54) is 0 Å². The van der Waals surface area contributed by atoms with Gasteiger partial charge in [0.25, 0.3) is 0 Å². The van der Waals surface area contributed by atoms with Crippen LogP contribution < -0.4 is 5.32 Å². The number of hydrogen-bond donors (Lipinski definition) is 1. The Kier molecular flexibility index (Phi) is 5.68. The second-order valence-corrected chi connectivity index (χ2v) is 7.15. The molecule has 28 heavy (non-hydrogen) atoms. The molecule has 6 nitrogen and oxygen atoms in total. The molecule has 0 radical (unpaired) electrons. The topological polar surface area (TPSA) is 76.9 Å². The van der Waals surface area contributed by atoms with E-state index in [0.29, 0.717) is 17.2 Å². The van der Waals surface area contributed by atoms with Gasteiger partial charge in [0, 0.05) is 30.2 Å². The van der Waals surface area contributed by atoms with E-state index >= 15 is 0 Å². The molecule has 0 aliphatic heterocycles. The zero-order chi connectivity index (χ0) is 20.3. The fourth-order valence-corrected chi connectivity index (χ4v) is 2.90. The summed E-state index contributed by atoms with van der Waals surface area (Å²) in [6.45, 7) is 6.04. The van der Waals surface area contributed by atoms with Crippen LogP contribution in [-0.4, -0.2) is 26.2 Å². The highest BCUT2D eigenvalue weighted by molar-refractivity contribution is 6.08. The first-order valence-corrected chi connectivity index (χ1v) is 9.24. The molecule has 0 fully saturated rings. The van der Waals surface area contributed by atoms with Gasteiger partial charge in [0.05, 0.1) is 12.1 Å². The molecule has 3 rings (SSSR count). The van der Waals surface area contributed by atoms with Gasteiger partial charge in [-0.3, -0.25) is 14.9 Å². The molecule has 0 aliphatic carbocycles. The lowest BCUT2D eigenvalue weighted by Gasteiger charge is -2.09. The Bertz CT molecular complexity index is 1000. The molecule has 0 unspecified atom stereocenters. The van der Waals surface area contributed by atoms with Crippen LogP contribution in [0.15, 0.2) is 48.7 Å². The summed E-state index contributed by atoms with van der Waals surface area (Å²) in [6.07, 6.45) is 1.77. The number of anilines is 1. The number of aryl methyl sites for hydroxylation is 1. The number of nitrogens with one attached hydrogen (secondary N) is 1. The van der Waals surface area contributed by atoms with Crippen LogP contribution in [0.1, 0.15) is 52.8 Å². The maximum atomic E-state index is 12.7. The van der Waals surface area contributed by atoms with E-state index in [1.807, 2.05) is 51.1 Å². The van der Waals surface area contributed by atoms with Crippen LogP contribution in [0.2, 0.25) is 0 Å². The number of hydrogen-bond acceptors (Lipinski definition) is 4. The summed E-state index contributed by atoms with van der Waals surface area (Å²) in [7, 11) is 1.79. The lowest BCUT2D eigenvalue weighted by Crippen LogP contribution is -2.19. The third-order valence-corrected chi connectivity index (χ3v) is 4.63. The maximum Gasteiger partial charge on any atom is 0.232 e. The lowest BCUT2D eigenvalue weighted by molar-refractivity contribution is -0.115. The molecule has 0 aliphatic rings. The summed E-state index contributed by atoms with van der Waals surface area (Å²) >= 11 is 0. The van der Waals surface area contributed by atoms with Gasteiger partial charge < -0.3 is 4.57 Å². The number of nitrogens with zero attached hydrogens (tertiary/aromatic N) is 3. The van der Waals surface area contributed by atoms with Crippen LogP contribution in [-0.2, 0) is 18.3 Å². The van der Waals surface area contributed by atoms with E-state index in [2.05, 4.69) is 15.3 Å². The third kappa shape index (κ3) is 4.34. The van der Waals surface area contributed by atoms with Crippen molar-refractivity contribution in [1.29, 1.82) is 0 Å². The molecule has 1 aromatic carbocycles. The average Bonchev–Trinajstić information content (AvgIpc) is 3.02. The van der Waals surface area contributed by atoms with Crippen molar-refractivity contribution >= 4 is 17.6 Å². The van der Waals surface area contributed by atoms with Gasteiger partial charge in [-0.15, -0.1) is 0 Å². The van der Waals surface area contributed by atoms with Gasteiger partial charge in [-0.25, -0.2) is 9.97 Å². The Morgan fingerprint density at radius 2 is 1.79 bits per heavy atom. The van der Waals surface area contributed by atoms with Crippen molar-refractivity contribution in [3.8, 4) is 0 Å². The standard InChI is InChI=1S/C22H24N4O2/c1-14(2)18-11-12-23-22(24-18)25-20(27)13-17-9-10-19(26(17)4)21(28)16-7-5-15(3)6-8-16/h5-12,14H,13H2,1-4H3,(H,23,24,25,27). The Morgan fingerprint density at radius 1 is 1.07 bits per heavy atom. The highest BCUT2D eigenvalue weighted by atomic mass is 16.1. The summed E-state index contributed by atoms with van der Waals surface area (Å²) in [5, 5.41) is 2.73. The molecule has 1 N–H and O–H groups in total. The second kappa shape index (κ2) is 8.17. The van der Waals surface area contributed by atoms with E-state index in [-0.39, 0.29) is 24.0 Å². The first kappa shape index (κ1) is 19.5. The van der Waals surface area contributed by atoms with Gasteiger partial charge in [-0.1, -0.05) is 43.7 Å². The first-order chi connectivity index (χ1) is 13.3. The number of ketones is 1. The Hall–Kier alpha value is -3.28. The van der Waals surface area contributed by atoms with E-state index in [9.17, 15) is 9.59 Å². The number of amides is 1. The molecule has 1 amide bonds. The van der Waals surface area contributed by atoms with Gasteiger partial charge in [0.15, 0.2) is 0 Å². The molecular weight excluding hydrogens is 352 g/mol. The molecular formula is C22H24N4O2. The number of carbonyl (C=O) groups is 2. The van der Waals surface area contributed by atoms with Crippen LogP contribution in [0.5, 0.6) is 0 Å². The van der Waals surface area contributed by atoms with Crippen LogP contribution in [0.4, 0.5) is 5.95 Å². The van der Waals surface area contributed by atoms with E-state index in [1.54, 1.807) is 29.9 Å². The molecule has 0 saturated carbocycles. The van der Waals surface area contributed by atoms with E-state index in [0.717, 1.165) is 17.0 Å². The normalized spacial score (nSPS) is 10.9. The minimum Gasteiger partial charge on any atom is -0.344 e. The number of carbonyl (C=O) groups excluding carboxylic acids is 2. The van der Waals surface area contributed by atoms with Crippen LogP contribution >= 0.6 is 0 Å². The molecule has 144 valence electrons. The predicted octanol–water partition coefficient (Wildman–Crippen LogP) is 3.66. The lowest BCUT2D eigenvalue weighted by atomic mass is 10.1. The smallest absolute Gasteiger partial charge is 0.232 e. The van der Waals surface area contributed by atoms with E-state index < -0.39 is 0 Å². The predicted molar refractivity (Wildman–Crippen MR) is 108 cm³/mol. The monoisotopic (exact) mass is 376 g/mol. The minimum absolute atomic E-state index is 0.0675. The summed E-state index contributed by atoms with van der Waals surface area (Å²) < 4.78 is 1.76. The number of aromatic nitrogens is 3. The van der Waals surface area contributed by atoms with Crippen molar-refractivity contribution in [1.82, 2.24) is 14.5 Å². The maximum absolute atomic E-state index is 12.7. The molecule has 2 heterocycles. The molecule has 0 spiro atoms. The summed E-state index contributed by atoms with van der Waals surface area (Å²) in [5.41, 5.74) is 3.89. The first-order valence-electron chi connectivity index (χ1n) is 9.24. The summed E-state index contributed by atoms with van der Waals surface area (Å²) in [4.78, 5) is 33.6. The fraction of sp³-hybridized carbons (Fsp3) is 0.273. The van der Waals surface area contributed by atoms with Crippen molar-refractivity contribution in [3.63, 3.8) is 0 Å². The summed E-state index contributed by atoms with van der Waals surface area (Å²) in [5.74, 6) is 0.252. The molecule has 6 heteroatoms. The quantitative estimate of drug-likeness (QED) is 0.666. The molecule has 3 aromatic rings. The van der Waals surface area contributed by atoms with Crippen molar-refractivity contribution in [2.75, 3.05) is 5.32 Å². The van der Waals surface area contributed by atoms with Crippen molar-refractivity contribution in [3.05, 3.63) is 76.9 Å². The number of rotatable bonds is 6. The second-order valence-electron chi connectivity index (χ2n) is 7.15. The highest BCUT2D eigenvalue weighted by Crippen LogP contribution is 2.16. The van der Waals surface area contributed by atoms with Gasteiger partial charge >= 0.3 is 0 Å². The van der Waals surface area contributed by atoms with Crippen LogP contribution in [0.3, 0.4) is 0 Å². The summed E-state index contributed by atoms with van der Waals surface area (Å²) in [6, 6.07) is 12.8. The van der Waals surface area contributed by atoms with Gasteiger partial charge in [-0.05, 0) is 31.0 Å². The Morgan fingerprint density at radius 3 is 2.46 bits per heavy atom. The van der Waals surface area contributed by atoms with Crippen molar-refractivity contribution in [2.24, 2.45) is 7.05 Å². The third-order valence-electron chi connectivity index (χ3n) is 4.63. The van der Waals surface area contributed by atoms with Gasteiger partial charge in [0.2, 0.25) is 17.6 Å². The highest BCUT2D eigenvalue weighted by Gasteiger charge is 2.17. The molecule has 0 atom stereocenters. The molecule has 2 aromatic heterocycles. The zero-order valence-corrected chi connectivity index (χ0v) is 16.6. The fourth-order valence-electron chi connectivity index (χ4n) is 2.90.